The predicted octanol–water partition coefficient (Wildman–Crippen LogP) is 4.60. The smallest absolute Gasteiger partial charge is 0.119 e. The van der Waals surface area contributed by atoms with Gasteiger partial charge in [-0.25, -0.2) is 0 Å². The quantitative estimate of drug-likeness (QED) is 0.771. The van der Waals surface area contributed by atoms with Crippen molar-refractivity contribution in [1.82, 2.24) is 0 Å². The summed E-state index contributed by atoms with van der Waals surface area (Å²) in [4.78, 5) is 0. The highest BCUT2D eigenvalue weighted by Crippen LogP contribution is 2.21. The highest BCUT2D eigenvalue weighted by Gasteiger charge is 1.95. The molecule has 0 aliphatic carbocycles. The zero-order chi connectivity index (χ0) is 14.3. The molecule has 0 radical (unpaired) electrons. The van der Waals surface area contributed by atoms with Gasteiger partial charge in [0.2, 0.25) is 0 Å². The molecule has 0 spiro atoms. The van der Waals surface area contributed by atoms with Gasteiger partial charge in [0, 0.05) is 6.07 Å². The van der Waals surface area contributed by atoms with Gasteiger partial charge >= 0.3 is 0 Å². The normalized spacial score (nSPS) is 10.1. The number of aryl methyl sites for hydroxylation is 1. The fraction of sp³-hybridized carbons (Fsp3) is 0.176. The number of phenols is 2. The van der Waals surface area contributed by atoms with Crippen LogP contribution < -0.4 is 0 Å². The van der Waals surface area contributed by atoms with Crippen LogP contribution in [-0.4, -0.2) is 10.2 Å². The lowest BCUT2D eigenvalue weighted by atomic mass is 10.1. The van der Waals surface area contributed by atoms with Crippen LogP contribution in [0.2, 0.25) is 0 Å². The molecule has 0 atom stereocenters. The highest BCUT2D eigenvalue weighted by molar-refractivity contribution is 5.70. The largest absolute Gasteiger partial charge is 0.508 e. The predicted molar refractivity (Wildman–Crippen MR) is 81.2 cm³/mol. The first kappa shape index (κ1) is 14.8. The summed E-state index contributed by atoms with van der Waals surface area (Å²) in [5.74, 6) is 0.127. The van der Waals surface area contributed by atoms with Crippen molar-refractivity contribution >= 4 is 12.2 Å². The SMILES string of the molecule is CC.Cc1ccc(/C=C/c2cc(O)cc(O)c2)cc1. The van der Waals surface area contributed by atoms with E-state index in [-0.39, 0.29) is 11.5 Å². The molecule has 2 aromatic rings. The molecule has 0 bridgehead atoms. The van der Waals surface area contributed by atoms with Crippen molar-refractivity contribution in [3.8, 4) is 11.5 Å². The first-order valence-corrected chi connectivity index (χ1v) is 6.41. The molecule has 19 heavy (non-hydrogen) atoms. The maximum Gasteiger partial charge on any atom is 0.119 e. The maximum absolute atomic E-state index is 9.33. The van der Waals surface area contributed by atoms with E-state index >= 15 is 0 Å². The van der Waals surface area contributed by atoms with E-state index in [9.17, 15) is 10.2 Å². The molecule has 2 heteroatoms. The van der Waals surface area contributed by atoms with Crippen LogP contribution in [0.25, 0.3) is 12.2 Å². The summed E-state index contributed by atoms with van der Waals surface area (Å²) < 4.78 is 0. The van der Waals surface area contributed by atoms with Crippen LogP contribution in [0.4, 0.5) is 0 Å². The number of hydrogen-bond donors (Lipinski definition) is 2. The topological polar surface area (TPSA) is 40.5 Å². The average Bonchev–Trinajstić information content (AvgIpc) is 2.39. The first-order valence-electron chi connectivity index (χ1n) is 6.41. The molecule has 0 saturated carbocycles. The second-order valence-corrected chi connectivity index (χ2v) is 4.03. The van der Waals surface area contributed by atoms with Gasteiger partial charge < -0.3 is 10.2 Å². The molecule has 0 aliphatic heterocycles. The van der Waals surface area contributed by atoms with Crippen molar-refractivity contribution in [3.63, 3.8) is 0 Å². The van der Waals surface area contributed by atoms with Crippen LogP contribution in [0.1, 0.15) is 30.5 Å². The lowest BCUT2D eigenvalue weighted by Crippen LogP contribution is -1.75. The molecule has 0 aromatic heterocycles. The minimum atomic E-state index is 0.0635. The fourth-order valence-corrected chi connectivity index (χ4v) is 1.58. The molecule has 0 heterocycles. The molecular formula is C17H20O2. The van der Waals surface area contributed by atoms with Crippen LogP contribution in [0.5, 0.6) is 11.5 Å². The number of benzene rings is 2. The number of aromatic hydroxyl groups is 2. The molecule has 100 valence electrons. The number of phenolic OH excluding ortho intramolecular Hbond substituents is 2. The Hall–Kier alpha value is -2.22. The fourth-order valence-electron chi connectivity index (χ4n) is 1.58. The van der Waals surface area contributed by atoms with E-state index in [0.717, 1.165) is 11.1 Å². The highest BCUT2D eigenvalue weighted by atomic mass is 16.3. The van der Waals surface area contributed by atoms with Crippen LogP contribution in [0.15, 0.2) is 42.5 Å². The Morgan fingerprint density at radius 1 is 0.737 bits per heavy atom. The molecule has 2 nitrogen and oxygen atoms in total. The summed E-state index contributed by atoms with van der Waals surface area (Å²) in [7, 11) is 0. The van der Waals surface area contributed by atoms with Gasteiger partial charge in [-0.15, -0.1) is 0 Å². The first-order chi connectivity index (χ1) is 9.13. The molecular weight excluding hydrogens is 236 g/mol. The Labute approximate surface area is 114 Å². The third-order valence-corrected chi connectivity index (χ3v) is 2.47. The van der Waals surface area contributed by atoms with Gasteiger partial charge in [-0.2, -0.15) is 0 Å². The van der Waals surface area contributed by atoms with Crippen LogP contribution >= 0.6 is 0 Å². The van der Waals surface area contributed by atoms with Gasteiger partial charge in [0.1, 0.15) is 11.5 Å². The third-order valence-electron chi connectivity index (χ3n) is 2.47. The zero-order valence-corrected chi connectivity index (χ0v) is 11.6. The van der Waals surface area contributed by atoms with E-state index in [2.05, 4.69) is 0 Å². The minimum absolute atomic E-state index is 0.0635. The van der Waals surface area contributed by atoms with Crippen molar-refractivity contribution in [2.24, 2.45) is 0 Å². The monoisotopic (exact) mass is 256 g/mol. The average molecular weight is 256 g/mol. The second-order valence-electron chi connectivity index (χ2n) is 4.03. The maximum atomic E-state index is 9.33. The third kappa shape index (κ3) is 4.88. The van der Waals surface area contributed by atoms with Gasteiger partial charge in [0.25, 0.3) is 0 Å². The lowest BCUT2D eigenvalue weighted by molar-refractivity contribution is 0.450. The van der Waals surface area contributed by atoms with E-state index in [1.54, 1.807) is 12.1 Å². The summed E-state index contributed by atoms with van der Waals surface area (Å²) in [5, 5.41) is 18.7. The molecule has 0 unspecified atom stereocenters. The van der Waals surface area contributed by atoms with E-state index in [1.807, 2.05) is 57.2 Å². The Kier molecular flexibility index (Phi) is 5.68. The standard InChI is InChI=1S/C15H14O2.C2H6/c1-11-2-4-12(5-3-11)6-7-13-8-14(16)10-15(17)9-13;1-2/h2-10,16-17H,1H3;1-2H3/b7-6+;. The number of rotatable bonds is 2. The Bertz CT molecular complexity index is 519. The van der Waals surface area contributed by atoms with E-state index in [0.29, 0.717) is 0 Å². The molecule has 2 N–H and O–H groups in total. The Morgan fingerprint density at radius 2 is 1.21 bits per heavy atom. The molecule has 2 rings (SSSR count). The summed E-state index contributed by atoms with van der Waals surface area (Å²) in [6.45, 7) is 6.04. The lowest BCUT2D eigenvalue weighted by Gasteiger charge is -1.98. The van der Waals surface area contributed by atoms with E-state index in [4.69, 9.17) is 0 Å². The molecule has 2 aromatic carbocycles. The van der Waals surface area contributed by atoms with Crippen molar-refractivity contribution < 1.29 is 10.2 Å². The van der Waals surface area contributed by atoms with Crippen molar-refractivity contribution in [1.29, 1.82) is 0 Å². The summed E-state index contributed by atoms with van der Waals surface area (Å²) in [6.07, 6.45) is 3.79. The van der Waals surface area contributed by atoms with Crippen molar-refractivity contribution in [2.75, 3.05) is 0 Å². The molecule has 0 amide bonds. The Morgan fingerprint density at radius 3 is 1.74 bits per heavy atom. The van der Waals surface area contributed by atoms with Crippen LogP contribution in [0.3, 0.4) is 0 Å². The summed E-state index contributed by atoms with van der Waals surface area (Å²) >= 11 is 0. The molecule has 0 saturated heterocycles. The summed E-state index contributed by atoms with van der Waals surface area (Å²) in [6, 6.07) is 12.6. The molecule has 0 aliphatic rings. The van der Waals surface area contributed by atoms with E-state index < -0.39 is 0 Å². The zero-order valence-electron chi connectivity index (χ0n) is 11.6. The van der Waals surface area contributed by atoms with Gasteiger partial charge in [0.15, 0.2) is 0 Å². The molecule has 0 fully saturated rings. The van der Waals surface area contributed by atoms with Crippen molar-refractivity contribution in [3.05, 3.63) is 59.2 Å². The summed E-state index contributed by atoms with van der Waals surface area (Å²) in [5.41, 5.74) is 3.07. The van der Waals surface area contributed by atoms with E-state index in [1.165, 1.54) is 11.6 Å². The van der Waals surface area contributed by atoms with Gasteiger partial charge in [-0.05, 0) is 30.2 Å². The van der Waals surface area contributed by atoms with Crippen LogP contribution in [0, 0.1) is 6.92 Å². The van der Waals surface area contributed by atoms with Crippen molar-refractivity contribution in [2.45, 2.75) is 20.8 Å². The number of hydrogen-bond acceptors (Lipinski definition) is 2. The Balaban J connectivity index is 0.000000861. The second kappa shape index (κ2) is 7.27. The van der Waals surface area contributed by atoms with Gasteiger partial charge in [-0.1, -0.05) is 55.8 Å². The van der Waals surface area contributed by atoms with Gasteiger partial charge in [0.05, 0.1) is 0 Å². The minimum Gasteiger partial charge on any atom is -0.508 e. The van der Waals surface area contributed by atoms with Crippen LogP contribution in [-0.2, 0) is 0 Å². The van der Waals surface area contributed by atoms with Gasteiger partial charge in [-0.3, -0.25) is 0 Å².